The SMILES string of the molecule is CC(=O)Nc1ccc(C=CC(=O)Nc2ccc(OC(F)F)c(Cl)c2)cc1. The minimum absolute atomic E-state index is 0.0411. The molecule has 0 heterocycles. The maximum atomic E-state index is 12.2. The van der Waals surface area contributed by atoms with Crippen LogP contribution in [0.1, 0.15) is 12.5 Å². The average Bonchev–Trinajstić information content (AvgIpc) is 2.56. The summed E-state index contributed by atoms with van der Waals surface area (Å²) in [5.74, 6) is -0.764. The van der Waals surface area contributed by atoms with Crippen LogP contribution in [0, 0.1) is 0 Å². The number of hydrogen-bond acceptors (Lipinski definition) is 3. The van der Waals surface area contributed by atoms with Crippen LogP contribution in [0.2, 0.25) is 5.02 Å². The fraction of sp³-hybridized carbons (Fsp3) is 0.111. The van der Waals surface area contributed by atoms with Gasteiger partial charge in [-0.05, 0) is 42.0 Å². The molecule has 0 aliphatic rings. The second-order valence-corrected chi connectivity index (χ2v) is 5.56. The lowest BCUT2D eigenvalue weighted by Crippen LogP contribution is -2.08. The molecule has 0 bridgehead atoms. The van der Waals surface area contributed by atoms with E-state index < -0.39 is 12.5 Å². The number of halogens is 3. The van der Waals surface area contributed by atoms with Crippen LogP contribution in [-0.4, -0.2) is 18.4 Å². The highest BCUT2D eigenvalue weighted by Gasteiger charge is 2.09. The molecule has 26 heavy (non-hydrogen) atoms. The predicted octanol–water partition coefficient (Wildman–Crippen LogP) is 4.55. The summed E-state index contributed by atoms with van der Waals surface area (Å²) in [7, 11) is 0. The zero-order valence-corrected chi connectivity index (χ0v) is 14.4. The van der Waals surface area contributed by atoms with Crippen molar-refractivity contribution >= 4 is 40.9 Å². The summed E-state index contributed by atoms with van der Waals surface area (Å²) in [5, 5.41) is 5.16. The van der Waals surface area contributed by atoms with Crippen LogP contribution < -0.4 is 15.4 Å². The van der Waals surface area contributed by atoms with Gasteiger partial charge in [0.15, 0.2) is 0 Å². The summed E-state index contributed by atoms with van der Waals surface area (Å²) in [4.78, 5) is 22.9. The first-order valence-electron chi connectivity index (χ1n) is 7.44. The van der Waals surface area contributed by atoms with E-state index in [1.54, 1.807) is 30.3 Å². The molecule has 0 radical (unpaired) electrons. The standard InChI is InChI=1S/C18H15ClF2N2O3/c1-11(24)22-13-5-2-12(3-6-13)4-9-17(25)23-14-7-8-16(15(19)10-14)26-18(20)21/h2-10,18H,1H3,(H,22,24)(H,23,25). The van der Waals surface area contributed by atoms with E-state index >= 15 is 0 Å². The van der Waals surface area contributed by atoms with Gasteiger partial charge in [-0.3, -0.25) is 9.59 Å². The minimum atomic E-state index is -2.98. The third-order valence-electron chi connectivity index (χ3n) is 3.07. The summed E-state index contributed by atoms with van der Waals surface area (Å²) >= 11 is 5.82. The molecule has 2 aromatic rings. The Kier molecular flexibility index (Phi) is 6.68. The third-order valence-corrected chi connectivity index (χ3v) is 3.37. The molecule has 0 saturated carbocycles. The van der Waals surface area contributed by atoms with Crippen LogP contribution >= 0.6 is 11.6 Å². The molecule has 136 valence electrons. The molecule has 5 nitrogen and oxygen atoms in total. The Hall–Kier alpha value is -2.93. The number of rotatable bonds is 6. The lowest BCUT2D eigenvalue weighted by Gasteiger charge is -2.08. The summed E-state index contributed by atoms with van der Waals surface area (Å²) < 4.78 is 28.6. The first-order valence-corrected chi connectivity index (χ1v) is 7.82. The van der Waals surface area contributed by atoms with Crippen LogP contribution in [0.5, 0.6) is 5.75 Å². The first kappa shape index (κ1) is 19.4. The molecule has 0 unspecified atom stereocenters. The van der Waals surface area contributed by atoms with Gasteiger partial charge in [0.1, 0.15) is 5.75 Å². The molecule has 0 fully saturated rings. The molecule has 2 rings (SSSR count). The van der Waals surface area contributed by atoms with Crippen LogP contribution in [0.3, 0.4) is 0 Å². The van der Waals surface area contributed by atoms with Gasteiger partial charge in [0.2, 0.25) is 11.8 Å². The fourth-order valence-corrected chi connectivity index (χ4v) is 2.23. The molecule has 8 heteroatoms. The molecule has 2 aromatic carbocycles. The van der Waals surface area contributed by atoms with Crippen LogP contribution in [0.15, 0.2) is 48.5 Å². The molecular formula is C18H15ClF2N2O3. The second kappa shape index (κ2) is 8.96. The van der Waals surface area contributed by atoms with Gasteiger partial charge in [0.05, 0.1) is 5.02 Å². The van der Waals surface area contributed by atoms with Gasteiger partial charge < -0.3 is 15.4 Å². The van der Waals surface area contributed by atoms with Gasteiger partial charge in [-0.2, -0.15) is 8.78 Å². The van der Waals surface area contributed by atoms with Crippen LogP contribution in [-0.2, 0) is 9.59 Å². The largest absolute Gasteiger partial charge is 0.433 e. The third kappa shape index (κ3) is 6.18. The highest BCUT2D eigenvalue weighted by Crippen LogP contribution is 2.28. The lowest BCUT2D eigenvalue weighted by molar-refractivity contribution is -0.114. The molecule has 0 aliphatic carbocycles. The zero-order chi connectivity index (χ0) is 19.1. The minimum Gasteiger partial charge on any atom is -0.433 e. The summed E-state index contributed by atoms with van der Waals surface area (Å²) in [6, 6.07) is 10.9. The van der Waals surface area contributed by atoms with E-state index in [2.05, 4.69) is 15.4 Å². The van der Waals surface area contributed by atoms with E-state index in [1.807, 2.05) is 0 Å². The summed E-state index contributed by atoms with van der Waals surface area (Å²) in [6.07, 6.45) is 2.90. The number of hydrogen-bond donors (Lipinski definition) is 2. The van der Waals surface area contributed by atoms with Gasteiger partial charge >= 0.3 is 6.61 Å². The van der Waals surface area contributed by atoms with Crippen molar-refractivity contribution in [3.05, 3.63) is 59.1 Å². The number of benzene rings is 2. The van der Waals surface area contributed by atoms with Crippen molar-refractivity contribution < 1.29 is 23.1 Å². The summed E-state index contributed by atoms with van der Waals surface area (Å²) in [6.45, 7) is -1.57. The van der Waals surface area contributed by atoms with E-state index in [0.29, 0.717) is 11.4 Å². The zero-order valence-electron chi connectivity index (χ0n) is 13.6. The number of anilines is 2. The smallest absolute Gasteiger partial charge is 0.387 e. The molecule has 0 aromatic heterocycles. The Morgan fingerprint density at radius 1 is 1.08 bits per heavy atom. The number of alkyl halides is 2. The van der Waals surface area contributed by atoms with Crippen molar-refractivity contribution in [2.24, 2.45) is 0 Å². The number of carbonyl (C=O) groups is 2. The quantitative estimate of drug-likeness (QED) is 0.722. The van der Waals surface area contributed by atoms with E-state index in [1.165, 1.54) is 31.2 Å². The molecule has 0 aliphatic heterocycles. The highest BCUT2D eigenvalue weighted by molar-refractivity contribution is 6.32. The van der Waals surface area contributed by atoms with Crippen molar-refractivity contribution in [1.29, 1.82) is 0 Å². The Morgan fingerprint density at radius 2 is 1.73 bits per heavy atom. The number of carbonyl (C=O) groups excluding carboxylic acids is 2. The van der Waals surface area contributed by atoms with Gasteiger partial charge in [-0.25, -0.2) is 0 Å². The topological polar surface area (TPSA) is 67.4 Å². The average molecular weight is 381 g/mol. The second-order valence-electron chi connectivity index (χ2n) is 5.15. The lowest BCUT2D eigenvalue weighted by atomic mass is 10.2. The maximum Gasteiger partial charge on any atom is 0.387 e. The van der Waals surface area contributed by atoms with Crippen molar-refractivity contribution in [3.63, 3.8) is 0 Å². The van der Waals surface area contributed by atoms with Crippen molar-refractivity contribution in [1.82, 2.24) is 0 Å². The molecule has 0 spiro atoms. The highest BCUT2D eigenvalue weighted by atomic mass is 35.5. The van der Waals surface area contributed by atoms with Gasteiger partial charge in [0, 0.05) is 24.4 Å². The van der Waals surface area contributed by atoms with Gasteiger partial charge in [-0.1, -0.05) is 23.7 Å². The van der Waals surface area contributed by atoms with E-state index in [0.717, 1.165) is 5.56 Å². The Morgan fingerprint density at radius 3 is 2.31 bits per heavy atom. The first-order chi connectivity index (χ1) is 12.3. The maximum absolute atomic E-state index is 12.2. The van der Waals surface area contributed by atoms with Crippen molar-refractivity contribution in [3.8, 4) is 5.75 Å². The molecular weight excluding hydrogens is 366 g/mol. The molecule has 0 atom stereocenters. The number of ether oxygens (including phenoxy) is 1. The van der Waals surface area contributed by atoms with E-state index in [-0.39, 0.29) is 16.7 Å². The van der Waals surface area contributed by atoms with Crippen LogP contribution in [0.25, 0.3) is 6.08 Å². The molecule has 2 N–H and O–H groups in total. The van der Waals surface area contributed by atoms with Gasteiger partial charge in [-0.15, -0.1) is 0 Å². The monoisotopic (exact) mass is 380 g/mol. The number of nitrogens with one attached hydrogen (secondary N) is 2. The van der Waals surface area contributed by atoms with E-state index in [9.17, 15) is 18.4 Å². The Bertz CT molecular complexity index is 824. The van der Waals surface area contributed by atoms with E-state index in [4.69, 9.17) is 11.6 Å². The fourth-order valence-electron chi connectivity index (χ4n) is 2.01. The Balaban J connectivity index is 1.96. The molecule has 2 amide bonds. The van der Waals surface area contributed by atoms with Crippen molar-refractivity contribution in [2.45, 2.75) is 13.5 Å². The van der Waals surface area contributed by atoms with Crippen molar-refractivity contribution in [2.75, 3.05) is 10.6 Å². The normalized spacial score (nSPS) is 10.8. The predicted molar refractivity (Wildman–Crippen MR) is 96.5 cm³/mol. The number of amides is 2. The van der Waals surface area contributed by atoms with Crippen LogP contribution in [0.4, 0.5) is 20.2 Å². The molecule has 0 saturated heterocycles. The summed E-state index contributed by atoms with van der Waals surface area (Å²) in [5.41, 5.74) is 1.75. The Labute approximate surface area is 153 Å². The van der Waals surface area contributed by atoms with Gasteiger partial charge in [0.25, 0.3) is 0 Å².